The van der Waals surface area contributed by atoms with E-state index in [0.717, 1.165) is 0 Å². The molecule has 0 bridgehead atoms. The van der Waals surface area contributed by atoms with Crippen molar-refractivity contribution in [1.82, 2.24) is 20.2 Å². The molecule has 0 aliphatic carbocycles. The third kappa shape index (κ3) is 4.57. The number of anilines is 1. The largest absolute Gasteiger partial charge is 0.379 e. The molecule has 2 aromatic rings. The van der Waals surface area contributed by atoms with Crippen molar-refractivity contribution in [3.63, 3.8) is 0 Å². The number of fused-ring (bicyclic) bond motifs is 1. The first-order valence-electron chi connectivity index (χ1n) is 10.3. The van der Waals surface area contributed by atoms with E-state index in [1.165, 1.54) is 17.3 Å². The van der Waals surface area contributed by atoms with E-state index in [-0.39, 0.29) is 12.5 Å². The summed E-state index contributed by atoms with van der Waals surface area (Å²) in [6.07, 6.45) is 2.51. The minimum absolute atomic E-state index is 0.217. The molecule has 1 N–H and O–H groups in total. The maximum Gasteiger partial charge on any atom is 0.267 e. The Labute approximate surface area is 178 Å². The van der Waals surface area contributed by atoms with Gasteiger partial charge in [0.2, 0.25) is 5.91 Å². The predicted octanol–water partition coefficient (Wildman–Crippen LogP) is 1.55. The average Bonchev–Trinajstić information content (AvgIpc) is 2.77. The van der Waals surface area contributed by atoms with Crippen LogP contribution in [0.4, 0.5) is 14.5 Å². The van der Waals surface area contributed by atoms with Crippen LogP contribution in [0.15, 0.2) is 24.5 Å². The van der Waals surface area contributed by atoms with Crippen molar-refractivity contribution in [2.24, 2.45) is 0 Å². The number of nitrogens with zero attached hydrogens (tertiary/aromatic N) is 5. The van der Waals surface area contributed by atoms with Crippen LogP contribution in [0.1, 0.15) is 18.9 Å². The normalized spacial score (nSPS) is 22.6. The number of hydrogen-bond donors (Lipinski definition) is 1. The van der Waals surface area contributed by atoms with Crippen molar-refractivity contribution >= 4 is 22.6 Å². The van der Waals surface area contributed by atoms with Gasteiger partial charge in [0, 0.05) is 38.4 Å². The molecule has 31 heavy (non-hydrogen) atoms. The van der Waals surface area contributed by atoms with Crippen LogP contribution in [-0.4, -0.2) is 78.2 Å². The van der Waals surface area contributed by atoms with E-state index < -0.39 is 31.0 Å². The van der Waals surface area contributed by atoms with Gasteiger partial charge in [-0.1, -0.05) is 0 Å². The lowest BCUT2D eigenvalue weighted by molar-refractivity contribution is -0.129. The average molecular weight is 430 g/mol. The zero-order valence-corrected chi connectivity index (χ0v) is 17.2. The van der Waals surface area contributed by atoms with Crippen molar-refractivity contribution in [3.05, 3.63) is 30.1 Å². The van der Waals surface area contributed by atoms with Gasteiger partial charge in [-0.2, -0.15) is 5.26 Å². The van der Waals surface area contributed by atoms with E-state index >= 15 is 0 Å². The van der Waals surface area contributed by atoms with Crippen LogP contribution in [-0.2, 0) is 9.53 Å². The number of benzene rings is 1. The molecule has 2 fully saturated rings. The number of piperidine rings is 1. The molecule has 2 saturated heterocycles. The maximum atomic E-state index is 14.6. The number of ether oxygens (including phenoxy) is 1. The van der Waals surface area contributed by atoms with E-state index in [0.29, 0.717) is 48.6 Å². The first-order valence-corrected chi connectivity index (χ1v) is 10.3. The fourth-order valence-corrected chi connectivity index (χ4v) is 4.22. The summed E-state index contributed by atoms with van der Waals surface area (Å²) in [6.45, 7) is 3.89. The molecule has 0 saturated carbocycles. The van der Waals surface area contributed by atoms with Crippen LogP contribution < -0.4 is 10.2 Å². The summed E-state index contributed by atoms with van der Waals surface area (Å²) < 4.78 is 34.6. The number of carbonyl (C=O) groups is 1. The Hall–Kier alpha value is -2.90. The number of aromatic nitrogens is 2. The number of nitrogens with one attached hydrogen (secondary N) is 1. The summed E-state index contributed by atoms with van der Waals surface area (Å²) in [5, 5.41) is 12.1. The quantitative estimate of drug-likeness (QED) is 0.787. The molecule has 1 amide bonds. The number of morpholine rings is 1. The lowest BCUT2D eigenvalue weighted by Gasteiger charge is -2.40. The number of halogens is 2. The number of carbonyl (C=O) groups excluding carboxylic acids is 1. The highest BCUT2D eigenvalue weighted by Crippen LogP contribution is 2.34. The fourth-order valence-electron chi connectivity index (χ4n) is 4.22. The van der Waals surface area contributed by atoms with E-state index in [9.17, 15) is 18.8 Å². The SMILES string of the molecule is CC(C(=O)NC1CN(c2ccc(C#N)c3nccnc23)CC(F)(F)C1)N1CCOCC1. The lowest BCUT2D eigenvalue weighted by atomic mass is 10.00. The second-order valence-corrected chi connectivity index (χ2v) is 7.97. The molecular weight excluding hydrogens is 406 g/mol. The number of alkyl halides is 2. The topological polar surface area (TPSA) is 94.4 Å². The molecule has 10 heteroatoms. The number of rotatable bonds is 4. The summed E-state index contributed by atoms with van der Waals surface area (Å²) in [7, 11) is 0. The molecule has 0 spiro atoms. The van der Waals surface area contributed by atoms with Crippen LogP contribution in [0.5, 0.6) is 0 Å². The Morgan fingerprint density at radius 1 is 1.29 bits per heavy atom. The van der Waals surface area contributed by atoms with E-state index in [1.807, 2.05) is 4.90 Å². The Morgan fingerprint density at radius 3 is 2.71 bits per heavy atom. The molecule has 4 rings (SSSR count). The van der Waals surface area contributed by atoms with Gasteiger partial charge in [-0.25, -0.2) is 8.78 Å². The Balaban J connectivity index is 1.55. The van der Waals surface area contributed by atoms with Gasteiger partial charge in [0.15, 0.2) is 0 Å². The van der Waals surface area contributed by atoms with Crippen LogP contribution in [0, 0.1) is 11.3 Å². The molecule has 2 aliphatic rings. The van der Waals surface area contributed by atoms with Crippen molar-refractivity contribution in [2.75, 3.05) is 44.3 Å². The van der Waals surface area contributed by atoms with Crippen LogP contribution >= 0.6 is 0 Å². The Morgan fingerprint density at radius 2 is 2.00 bits per heavy atom. The fraction of sp³-hybridized carbons (Fsp3) is 0.524. The van der Waals surface area contributed by atoms with E-state index in [4.69, 9.17) is 4.74 Å². The molecule has 2 aliphatic heterocycles. The van der Waals surface area contributed by atoms with Crippen molar-refractivity contribution in [3.8, 4) is 6.07 Å². The van der Waals surface area contributed by atoms with Crippen LogP contribution in [0.2, 0.25) is 0 Å². The molecule has 8 nitrogen and oxygen atoms in total. The second kappa shape index (κ2) is 8.69. The highest BCUT2D eigenvalue weighted by molar-refractivity contribution is 5.92. The number of amides is 1. The van der Waals surface area contributed by atoms with Crippen molar-refractivity contribution in [2.45, 2.75) is 31.4 Å². The summed E-state index contributed by atoms with van der Waals surface area (Å²) in [4.78, 5) is 24.7. The summed E-state index contributed by atoms with van der Waals surface area (Å²) in [6, 6.07) is 4.09. The summed E-state index contributed by atoms with van der Waals surface area (Å²) >= 11 is 0. The lowest BCUT2D eigenvalue weighted by Crippen LogP contribution is -2.58. The molecule has 1 aromatic heterocycles. The van der Waals surface area contributed by atoms with Crippen LogP contribution in [0.25, 0.3) is 11.0 Å². The zero-order valence-electron chi connectivity index (χ0n) is 17.2. The van der Waals surface area contributed by atoms with Gasteiger partial charge in [0.1, 0.15) is 17.1 Å². The minimum Gasteiger partial charge on any atom is -0.379 e. The summed E-state index contributed by atoms with van der Waals surface area (Å²) in [5.41, 5.74) is 1.57. The first kappa shape index (κ1) is 21.3. The molecular formula is C21H24F2N6O2. The maximum absolute atomic E-state index is 14.6. The van der Waals surface area contributed by atoms with Gasteiger partial charge < -0.3 is 15.0 Å². The minimum atomic E-state index is -2.99. The molecule has 164 valence electrons. The molecule has 2 unspecified atom stereocenters. The van der Waals surface area contributed by atoms with Gasteiger partial charge in [-0.05, 0) is 19.1 Å². The monoisotopic (exact) mass is 430 g/mol. The molecule has 0 radical (unpaired) electrons. The molecule has 1 aromatic carbocycles. The van der Waals surface area contributed by atoms with Crippen molar-refractivity contribution < 1.29 is 18.3 Å². The zero-order chi connectivity index (χ0) is 22.0. The Kier molecular flexibility index (Phi) is 5.98. The highest BCUT2D eigenvalue weighted by atomic mass is 19.3. The van der Waals surface area contributed by atoms with Gasteiger partial charge >= 0.3 is 0 Å². The molecule has 3 heterocycles. The predicted molar refractivity (Wildman–Crippen MR) is 110 cm³/mol. The van der Waals surface area contributed by atoms with Gasteiger partial charge in [-0.3, -0.25) is 19.7 Å². The van der Waals surface area contributed by atoms with Crippen LogP contribution in [0.3, 0.4) is 0 Å². The third-order valence-corrected chi connectivity index (χ3v) is 5.79. The summed E-state index contributed by atoms with van der Waals surface area (Å²) in [5.74, 6) is -3.25. The van der Waals surface area contributed by atoms with E-state index in [2.05, 4.69) is 21.4 Å². The second-order valence-electron chi connectivity index (χ2n) is 7.97. The number of hydrogen-bond acceptors (Lipinski definition) is 7. The highest BCUT2D eigenvalue weighted by Gasteiger charge is 2.42. The van der Waals surface area contributed by atoms with Gasteiger partial charge in [-0.15, -0.1) is 0 Å². The van der Waals surface area contributed by atoms with Gasteiger partial charge in [0.25, 0.3) is 5.92 Å². The number of nitriles is 1. The van der Waals surface area contributed by atoms with Gasteiger partial charge in [0.05, 0.1) is 43.1 Å². The third-order valence-electron chi connectivity index (χ3n) is 5.79. The van der Waals surface area contributed by atoms with Crippen molar-refractivity contribution in [1.29, 1.82) is 5.26 Å². The first-order chi connectivity index (χ1) is 14.9. The standard InChI is InChI=1S/C21H24F2N6O2/c1-14(28-6-8-31-9-7-28)20(30)27-16-10-21(22,23)13-29(12-16)17-3-2-15(11-24)18-19(17)26-5-4-25-18/h2-5,14,16H,6-10,12-13H2,1H3,(H,27,30). The van der Waals surface area contributed by atoms with E-state index in [1.54, 1.807) is 19.1 Å². The Bertz CT molecular complexity index is 1010. The molecule has 2 atom stereocenters. The smallest absolute Gasteiger partial charge is 0.267 e.